The molecule has 0 bridgehead atoms. The fourth-order valence-corrected chi connectivity index (χ4v) is 3.75. The number of carbonyl (C=O) groups excluding carboxylic acids is 1. The van der Waals surface area contributed by atoms with Crippen LogP contribution in [0.15, 0.2) is 24.3 Å². The molecule has 2 aliphatic carbocycles. The molecule has 1 atom stereocenters. The third kappa shape index (κ3) is 2.58. The molecule has 1 aliphatic heterocycles. The van der Waals surface area contributed by atoms with E-state index < -0.39 is 0 Å². The van der Waals surface area contributed by atoms with Gasteiger partial charge in [-0.2, -0.15) is 0 Å². The van der Waals surface area contributed by atoms with E-state index in [-0.39, 0.29) is 11.3 Å². The molecule has 1 heterocycles. The molecule has 112 valence electrons. The van der Waals surface area contributed by atoms with Gasteiger partial charge in [-0.05, 0) is 49.8 Å². The van der Waals surface area contributed by atoms with Gasteiger partial charge < -0.3 is 5.32 Å². The van der Waals surface area contributed by atoms with Crippen LogP contribution < -0.4 is 5.32 Å². The van der Waals surface area contributed by atoms with Gasteiger partial charge in [0.2, 0.25) is 5.91 Å². The van der Waals surface area contributed by atoms with E-state index in [1.807, 2.05) is 24.3 Å². The zero-order valence-corrected chi connectivity index (χ0v) is 12.9. The first-order valence-corrected chi connectivity index (χ1v) is 8.36. The fraction of sp³-hybridized carbons (Fsp3) is 0.588. The Labute approximate surface area is 130 Å². The Morgan fingerprint density at radius 2 is 2.10 bits per heavy atom. The average molecular weight is 305 g/mol. The predicted molar refractivity (Wildman–Crippen MR) is 83.5 cm³/mol. The minimum atomic E-state index is -0.308. The van der Waals surface area contributed by atoms with Crippen LogP contribution in [0.3, 0.4) is 0 Å². The van der Waals surface area contributed by atoms with E-state index in [2.05, 4.69) is 10.2 Å². The molecule has 1 aromatic rings. The standard InChI is InChI=1S/C17H21ClN2O/c18-13-3-1-2-12(10-13)17(7-8-17)16(21)19-14-6-9-20(11-14)15-4-5-15/h1-3,10,14-15H,4-9,11H2,(H,19,21). The highest BCUT2D eigenvalue weighted by atomic mass is 35.5. The Morgan fingerprint density at radius 3 is 2.76 bits per heavy atom. The van der Waals surface area contributed by atoms with Gasteiger partial charge >= 0.3 is 0 Å². The second-order valence-corrected chi connectivity index (χ2v) is 7.21. The molecule has 1 N–H and O–H groups in total. The number of benzene rings is 1. The van der Waals surface area contributed by atoms with E-state index >= 15 is 0 Å². The summed E-state index contributed by atoms with van der Waals surface area (Å²) >= 11 is 6.08. The molecule has 2 saturated carbocycles. The van der Waals surface area contributed by atoms with Crippen LogP contribution in [0, 0.1) is 0 Å². The topological polar surface area (TPSA) is 32.3 Å². The lowest BCUT2D eigenvalue weighted by molar-refractivity contribution is -0.124. The highest BCUT2D eigenvalue weighted by Crippen LogP contribution is 2.49. The number of rotatable bonds is 4. The monoisotopic (exact) mass is 304 g/mol. The zero-order valence-electron chi connectivity index (χ0n) is 12.1. The van der Waals surface area contributed by atoms with E-state index in [9.17, 15) is 4.79 Å². The van der Waals surface area contributed by atoms with Crippen LogP contribution in [0.25, 0.3) is 0 Å². The number of halogens is 1. The lowest BCUT2D eigenvalue weighted by atomic mass is 9.94. The second kappa shape index (κ2) is 4.99. The summed E-state index contributed by atoms with van der Waals surface area (Å²) in [4.78, 5) is 15.2. The Bertz CT molecular complexity index is 566. The molecule has 1 amide bonds. The Kier molecular flexibility index (Phi) is 3.23. The van der Waals surface area contributed by atoms with Crippen molar-refractivity contribution < 1.29 is 4.79 Å². The summed E-state index contributed by atoms with van der Waals surface area (Å²) < 4.78 is 0. The molecule has 3 fully saturated rings. The summed E-state index contributed by atoms with van der Waals surface area (Å²) in [6, 6.07) is 8.91. The highest BCUT2D eigenvalue weighted by molar-refractivity contribution is 6.30. The number of nitrogens with one attached hydrogen (secondary N) is 1. The smallest absolute Gasteiger partial charge is 0.230 e. The van der Waals surface area contributed by atoms with Crippen LogP contribution in [0.1, 0.15) is 37.7 Å². The maximum absolute atomic E-state index is 12.7. The number of nitrogens with zero attached hydrogens (tertiary/aromatic N) is 1. The van der Waals surface area contributed by atoms with E-state index in [4.69, 9.17) is 11.6 Å². The van der Waals surface area contributed by atoms with Gasteiger partial charge in [0.25, 0.3) is 0 Å². The number of hydrogen-bond acceptors (Lipinski definition) is 2. The van der Waals surface area contributed by atoms with Crippen LogP contribution in [-0.2, 0) is 10.2 Å². The maximum Gasteiger partial charge on any atom is 0.230 e. The molecule has 4 heteroatoms. The van der Waals surface area contributed by atoms with Gasteiger partial charge in [-0.3, -0.25) is 9.69 Å². The first kappa shape index (κ1) is 13.6. The third-order valence-electron chi connectivity index (χ3n) is 5.18. The van der Waals surface area contributed by atoms with Crippen LogP contribution in [0.5, 0.6) is 0 Å². The summed E-state index contributed by atoms with van der Waals surface area (Å²) in [7, 11) is 0. The van der Waals surface area contributed by atoms with Crippen LogP contribution >= 0.6 is 11.6 Å². The van der Waals surface area contributed by atoms with Gasteiger partial charge in [0.1, 0.15) is 0 Å². The lowest BCUT2D eigenvalue weighted by Crippen LogP contribution is -2.43. The maximum atomic E-state index is 12.7. The van der Waals surface area contributed by atoms with Gasteiger partial charge in [-0.1, -0.05) is 23.7 Å². The Hall–Kier alpha value is -1.06. The molecule has 1 unspecified atom stereocenters. The van der Waals surface area contributed by atoms with Gasteiger partial charge in [0, 0.05) is 30.2 Å². The first-order valence-electron chi connectivity index (χ1n) is 7.98. The van der Waals surface area contributed by atoms with Crippen molar-refractivity contribution in [1.82, 2.24) is 10.2 Å². The van der Waals surface area contributed by atoms with Crippen molar-refractivity contribution in [2.75, 3.05) is 13.1 Å². The number of amides is 1. The van der Waals surface area contributed by atoms with Crippen molar-refractivity contribution in [2.24, 2.45) is 0 Å². The van der Waals surface area contributed by atoms with Crippen molar-refractivity contribution in [3.8, 4) is 0 Å². The summed E-state index contributed by atoms with van der Waals surface area (Å²) in [5.41, 5.74) is 0.766. The molecule has 1 aromatic carbocycles. The van der Waals surface area contributed by atoms with Crippen LogP contribution in [0.2, 0.25) is 5.02 Å². The number of hydrogen-bond donors (Lipinski definition) is 1. The molecule has 0 radical (unpaired) electrons. The summed E-state index contributed by atoms with van der Waals surface area (Å²) in [5.74, 6) is 0.201. The van der Waals surface area contributed by atoms with Crippen molar-refractivity contribution in [2.45, 2.75) is 49.6 Å². The predicted octanol–water partition coefficient (Wildman–Crippen LogP) is 2.72. The van der Waals surface area contributed by atoms with E-state index in [1.54, 1.807) is 0 Å². The SMILES string of the molecule is O=C(NC1CCN(C2CC2)C1)C1(c2cccc(Cl)c2)CC1. The van der Waals surface area contributed by atoms with Crippen LogP contribution in [-0.4, -0.2) is 36.0 Å². The summed E-state index contributed by atoms with van der Waals surface area (Å²) in [6.45, 7) is 2.17. The van der Waals surface area contributed by atoms with Gasteiger partial charge in [-0.25, -0.2) is 0 Å². The Morgan fingerprint density at radius 1 is 1.29 bits per heavy atom. The molecule has 3 aliphatic rings. The van der Waals surface area contributed by atoms with Crippen LogP contribution in [0.4, 0.5) is 0 Å². The van der Waals surface area contributed by atoms with Crippen molar-refractivity contribution in [3.63, 3.8) is 0 Å². The first-order chi connectivity index (χ1) is 10.2. The molecule has 0 aromatic heterocycles. The number of carbonyl (C=O) groups is 1. The summed E-state index contributed by atoms with van der Waals surface area (Å²) in [5, 5.41) is 4.00. The third-order valence-corrected chi connectivity index (χ3v) is 5.42. The lowest BCUT2D eigenvalue weighted by Gasteiger charge is -2.20. The molecule has 21 heavy (non-hydrogen) atoms. The van der Waals surface area contributed by atoms with E-state index in [0.717, 1.165) is 44.0 Å². The Balaban J connectivity index is 1.43. The van der Waals surface area contributed by atoms with Gasteiger partial charge in [-0.15, -0.1) is 0 Å². The zero-order chi connectivity index (χ0) is 14.4. The second-order valence-electron chi connectivity index (χ2n) is 6.78. The minimum Gasteiger partial charge on any atom is -0.351 e. The fourth-order valence-electron chi connectivity index (χ4n) is 3.56. The van der Waals surface area contributed by atoms with Gasteiger partial charge in [0.15, 0.2) is 0 Å². The normalized spacial score (nSPS) is 27.6. The van der Waals surface area contributed by atoms with Crippen molar-refractivity contribution in [1.29, 1.82) is 0 Å². The number of likely N-dealkylation sites (tertiary alicyclic amines) is 1. The molecule has 1 saturated heterocycles. The minimum absolute atomic E-state index is 0.201. The van der Waals surface area contributed by atoms with E-state index in [1.165, 1.54) is 12.8 Å². The average Bonchev–Trinajstić information content (AvgIpc) is 3.38. The van der Waals surface area contributed by atoms with Crippen molar-refractivity contribution >= 4 is 17.5 Å². The molecule has 3 nitrogen and oxygen atoms in total. The molecule has 0 spiro atoms. The molecular formula is C17H21ClN2O. The van der Waals surface area contributed by atoms with Crippen molar-refractivity contribution in [3.05, 3.63) is 34.9 Å². The molecular weight excluding hydrogens is 284 g/mol. The quantitative estimate of drug-likeness (QED) is 0.927. The largest absolute Gasteiger partial charge is 0.351 e. The van der Waals surface area contributed by atoms with Gasteiger partial charge in [0.05, 0.1) is 5.41 Å². The molecule has 4 rings (SSSR count). The summed E-state index contributed by atoms with van der Waals surface area (Å²) in [6.07, 6.45) is 5.66. The van der Waals surface area contributed by atoms with E-state index in [0.29, 0.717) is 11.1 Å². The highest BCUT2D eigenvalue weighted by Gasteiger charge is 2.52.